The fourth-order valence-electron chi connectivity index (χ4n) is 4.58. The number of amides is 1. The van der Waals surface area contributed by atoms with Crippen molar-refractivity contribution in [3.8, 4) is 0 Å². The Morgan fingerprint density at radius 1 is 1.23 bits per heavy atom. The highest BCUT2D eigenvalue weighted by Gasteiger charge is 2.28. The molecule has 0 bridgehead atoms. The molecule has 5 rings (SSSR count). The lowest BCUT2D eigenvalue weighted by molar-refractivity contribution is 0.0901. The minimum absolute atomic E-state index is 0.0628. The summed E-state index contributed by atoms with van der Waals surface area (Å²) >= 11 is 0. The number of carbonyl (C=O) groups is 1. The zero-order valence-electron chi connectivity index (χ0n) is 17.3. The third kappa shape index (κ3) is 4.12. The Morgan fingerprint density at radius 2 is 2.16 bits per heavy atom. The Hall–Kier alpha value is -3.00. The number of aromatic nitrogens is 3. The fourth-order valence-corrected chi connectivity index (χ4v) is 4.58. The summed E-state index contributed by atoms with van der Waals surface area (Å²) in [6, 6.07) is 10.6. The summed E-state index contributed by atoms with van der Waals surface area (Å²) in [4.78, 5) is 19.2. The summed E-state index contributed by atoms with van der Waals surface area (Å²) in [5, 5.41) is 7.68. The molecule has 8 heteroatoms. The molecule has 2 aliphatic heterocycles. The molecule has 2 aliphatic rings. The van der Waals surface area contributed by atoms with Crippen LogP contribution < -0.4 is 10.2 Å². The maximum atomic E-state index is 13.8. The molecule has 0 aliphatic carbocycles. The Labute approximate surface area is 180 Å². The highest BCUT2D eigenvalue weighted by molar-refractivity contribution is 5.93. The molecule has 162 valence electrons. The van der Waals surface area contributed by atoms with Crippen molar-refractivity contribution in [2.75, 3.05) is 24.6 Å². The lowest BCUT2D eigenvalue weighted by Gasteiger charge is -2.26. The van der Waals surface area contributed by atoms with Gasteiger partial charge in [0, 0.05) is 19.7 Å². The molecule has 2 atom stereocenters. The minimum atomic E-state index is -0.232. The van der Waals surface area contributed by atoms with Crippen molar-refractivity contribution in [1.29, 1.82) is 0 Å². The molecule has 0 radical (unpaired) electrons. The second-order valence-corrected chi connectivity index (χ2v) is 8.19. The van der Waals surface area contributed by atoms with Gasteiger partial charge >= 0.3 is 0 Å². The van der Waals surface area contributed by atoms with Gasteiger partial charge in [-0.25, -0.2) is 13.9 Å². The molecule has 0 spiro atoms. The molecule has 1 aromatic carbocycles. The Bertz CT molecular complexity index is 1080. The van der Waals surface area contributed by atoms with Crippen molar-refractivity contribution < 1.29 is 13.9 Å². The van der Waals surface area contributed by atoms with Crippen molar-refractivity contribution in [1.82, 2.24) is 19.9 Å². The van der Waals surface area contributed by atoms with Gasteiger partial charge in [-0.1, -0.05) is 12.1 Å². The van der Waals surface area contributed by atoms with Crippen LogP contribution in [0.15, 0.2) is 42.6 Å². The first-order valence-corrected chi connectivity index (χ1v) is 11.0. The highest BCUT2D eigenvalue weighted by atomic mass is 19.1. The van der Waals surface area contributed by atoms with Crippen molar-refractivity contribution in [2.45, 2.75) is 44.2 Å². The average Bonchev–Trinajstić information content (AvgIpc) is 3.53. The number of ether oxygens (including phenoxy) is 1. The predicted octanol–water partition coefficient (Wildman–Crippen LogP) is 3.51. The van der Waals surface area contributed by atoms with Gasteiger partial charge in [0.15, 0.2) is 11.3 Å². The Morgan fingerprint density at radius 3 is 3.00 bits per heavy atom. The molecule has 2 fully saturated rings. The molecule has 7 nitrogen and oxygen atoms in total. The van der Waals surface area contributed by atoms with E-state index in [0.717, 1.165) is 56.6 Å². The van der Waals surface area contributed by atoms with Gasteiger partial charge in [-0.2, -0.15) is 0 Å². The summed E-state index contributed by atoms with van der Waals surface area (Å²) < 4.78 is 21.0. The molecule has 3 aromatic rings. The van der Waals surface area contributed by atoms with E-state index >= 15 is 0 Å². The maximum absolute atomic E-state index is 13.8. The maximum Gasteiger partial charge on any atom is 0.271 e. The first-order valence-electron chi connectivity index (χ1n) is 11.0. The van der Waals surface area contributed by atoms with E-state index in [0.29, 0.717) is 17.9 Å². The van der Waals surface area contributed by atoms with Crippen LogP contribution >= 0.6 is 0 Å². The number of imidazole rings is 1. The first kappa shape index (κ1) is 19.9. The van der Waals surface area contributed by atoms with Gasteiger partial charge in [0.25, 0.3) is 5.91 Å². The van der Waals surface area contributed by atoms with E-state index in [1.54, 1.807) is 22.8 Å². The monoisotopic (exact) mass is 423 g/mol. The van der Waals surface area contributed by atoms with Gasteiger partial charge < -0.3 is 15.0 Å². The van der Waals surface area contributed by atoms with Crippen LogP contribution in [0, 0.1) is 5.82 Å². The molecule has 1 N–H and O–H groups in total. The predicted molar refractivity (Wildman–Crippen MR) is 115 cm³/mol. The van der Waals surface area contributed by atoms with Crippen LogP contribution in [-0.4, -0.2) is 46.3 Å². The summed E-state index contributed by atoms with van der Waals surface area (Å²) in [7, 11) is 0. The average molecular weight is 423 g/mol. The van der Waals surface area contributed by atoms with E-state index in [1.165, 1.54) is 6.07 Å². The SMILES string of the molecule is O=C(NCCC1CCCO1)c1cnc2ccc(N3CCCC3c3cccc(F)c3)nn12. The van der Waals surface area contributed by atoms with Crippen LogP contribution in [0.3, 0.4) is 0 Å². The molecule has 2 unspecified atom stereocenters. The summed E-state index contributed by atoms with van der Waals surface area (Å²) in [6.07, 6.45) is 6.68. The number of carbonyl (C=O) groups excluding carboxylic acids is 1. The van der Waals surface area contributed by atoms with Crippen molar-refractivity contribution in [2.24, 2.45) is 0 Å². The summed E-state index contributed by atoms with van der Waals surface area (Å²) in [5.74, 6) is 0.327. The number of anilines is 1. The van der Waals surface area contributed by atoms with E-state index in [4.69, 9.17) is 9.84 Å². The van der Waals surface area contributed by atoms with Crippen LogP contribution in [0.5, 0.6) is 0 Å². The van der Waals surface area contributed by atoms with E-state index < -0.39 is 0 Å². The molecule has 2 aromatic heterocycles. The van der Waals surface area contributed by atoms with Gasteiger partial charge in [0.1, 0.15) is 11.6 Å². The van der Waals surface area contributed by atoms with Crippen LogP contribution in [0.1, 0.15) is 54.2 Å². The lowest BCUT2D eigenvalue weighted by atomic mass is 10.0. The lowest BCUT2D eigenvalue weighted by Crippen LogP contribution is -2.29. The van der Waals surface area contributed by atoms with Gasteiger partial charge in [-0.15, -0.1) is 5.10 Å². The number of fused-ring (bicyclic) bond motifs is 1. The number of hydrogen-bond donors (Lipinski definition) is 1. The van der Waals surface area contributed by atoms with Crippen LogP contribution in [0.2, 0.25) is 0 Å². The minimum Gasteiger partial charge on any atom is -0.378 e. The topological polar surface area (TPSA) is 71.8 Å². The van der Waals surface area contributed by atoms with Crippen molar-refractivity contribution in [3.63, 3.8) is 0 Å². The highest BCUT2D eigenvalue weighted by Crippen LogP contribution is 2.35. The van der Waals surface area contributed by atoms with Crippen molar-refractivity contribution in [3.05, 3.63) is 59.7 Å². The van der Waals surface area contributed by atoms with E-state index in [1.807, 2.05) is 18.2 Å². The Kier molecular flexibility index (Phi) is 5.55. The standard InChI is InChI=1S/C23H26FN5O2/c24-17-5-1-4-16(14-17)19-7-2-12-28(19)22-9-8-21-26-15-20(29(21)27-22)23(30)25-11-10-18-6-3-13-31-18/h1,4-5,8-9,14-15,18-19H,2-3,6-7,10-13H2,(H,25,30). The van der Waals surface area contributed by atoms with E-state index in [9.17, 15) is 9.18 Å². The molecule has 4 heterocycles. The second-order valence-electron chi connectivity index (χ2n) is 8.19. The number of halogens is 1. The number of rotatable bonds is 6. The smallest absolute Gasteiger partial charge is 0.271 e. The number of hydrogen-bond acceptors (Lipinski definition) is 5. The molecular weight excluding hydrogens is 397 g/mol. The van der Waals surface area contributed by atoms with Gasteiger partial charge in [-0.05, 0) is 61.9 Å². The number of benzene rings is 1. The third-order valence-corrected chi connectivity index (χ3v) is 6.14. The zero-order chi connectivity index (χ0) is 21.2. The summed E-state index contributed by atoms with van der Waals surface area (Å²) in [5.41, 5.74) is 1.97. The molecule has 1 amide bonds. The summed E-state index contributed by atoms with van der Waals surface area (Å²) in [6.45, 7) is 2.20. The largest absolute Gasteiger partial charge is 0.378 e. The Balaban J connectivity index is 1.35. The molecular formula is C23H26FN5O2. The first-order chi connectivity index (χ1) is 15.2. The van der Waals surface area contributed by atoms with Gasteiger partial charge in [-0.3, -0.25) is 4.79 Å². The van der Waals surface area contributed by atoms with Crippen LogP contribution in [0.25, 0.3) is 5.65 Å². The number of nitrogens with one attached hydrogen (secondary N) is 1. The molecule has 2 saturated heterocycles. The zero-order valence-corrected chi connectivity index (χ0v) is 17.3. The van der Waals surface area contributed by atoms with Gasteiger partial charge in [0.2, 0.25) is 0 Å². The normalized spacial score (nSPS) is 21.1. The number of nitrogens with zero attached hydrogens (tertiary/aromatic N) is 4. The fraction of sp³-hybridized carbons (Fsp3) is 0.435. The van der Waals surface area contributed by atoms with Crippen LogP contribution in [0.4, 0.5) is 10.2 Å². The van der Waals surface area contributed by atoms with Crippen molar-refractivity contribution >= 4 is 17.4 Å². The molecule has 0 saturated carbocycles. The van der Waals surface area contributed by atoms with Gasteiger partial charge in [0.05, 0.1) is 18.3 Å². The van der Waals surface area contributed by atoms with E-state index in [-0.39, 0.29) is 23.9 Å². The van der Waals surface area contributed by atoms with Crippen LogP contribution in [-0.2, 0) is 4.74 Å². The van der Waals surface area contributed by atoms with E-state index in [2.05, 4.69) is 15.2 Å². The third-order valence-electron chi connectivity index (χ3n) is 6.14. The molecule has 31 heavy (non-hydrogen) atoms. The quantitative estimate of drug-likeness (QED) is 0.657. The second kappa shape index (κ2) is 8.63.